The molecule has 0 spiro atoms. The molecule has 0 radical (unpaired) electrons. The van der Waals surface area contributed by atoms with Gasteiger partial charge in [0.15, 0.2) is 16.3 Å². The van der Waals surface area contributed by atoms with Gasteiger partial charge in [-0.05, 0) is 57.0 Å². The van der Waals surface area contributed by atoms with E-state index in [4.69, 9.17) is 14.2 Å². The van der Waals surface area contributed by atoms with Gasteiger partial charge in [0.2, 0.25) is 0 Å². The quantitative estimate of drug-likeness (QED) is 0.396. The maximum Gasteiger partial charge on any atom is 0.338 e. The Morgan fingerprint density at radius 3 is 2.50 bits per heavy atom. The predicted molar refractivity (Wildman–Crippen MR) is 143 cm³/mol. The minimum Gasteiger partial charge on any atom is -0.493 e. The number of allylic oxidation sites excluding steroid dienone is 1. The van der Waals surface area contributed by atoms with Gasteiger partial charge in [0, 0.05) is 4.47 Å². The number of ether oxygens (including phenoxy) is 3. The van der Waals surface area contributed by atoms with Crippen LogP contribution in [0.3, 0.4) is 0 Å². The van der Waals surface area contributed by atoms with Crippen LogP contribution in [-0.2, 0) is 9.53 Å². The highest BCUT2D eigenvalue weighted by molar-refractivity contribution is 9.10. The molecule has 7 nitrogen and oxygen atoms in total. The molecule has 0 unspecified atom stereocenters. The molecule has 36 heavy (non-hydrogen) atoms. The van der Waals surface area contributed by atoms with Gasteiger partial charge in [-0.1, -0.05) is 57.1 Å². The number of aryl methyl sites for hydroxylation is 1. The molecule has 9 heteroatoms. The fourth-order valence-corrected chi connectivity index (χ4v) is 5.67. The largest absolute Gasteiger partial charge is 0.493 e. The second-order valence-electron chi connectivity index (χ2n) is 8.17. The van der Waals surface area contributed by atoms with Crippen LogP contribution >= 0.6 is 27.3 Å². The van der Waals surface area contributed by atoms with Gasteiger partial charge in [-0.15, -0.1) is 0 Å². The molecular weight excluding hydrogens is 544 g/mol. The molecule has 1 aliphatic heterocycles. The van der Waals surface area contributed by atoms with Crippen molar-refractivity contribution in [3.63, 3.8) is 0 Å². The first kappa shape index (κ1) is 25.9. The minimum atomic E-state index is -0.764. The van der Waals surface area contributed by atoms with E-state index in [9.17, 15) is 9.59 Å². The van der Waals surface area contributed by atoms with E-state index in [1.165, 1.54) is 11.3 Å². The summed E-state index contributed by atoms with van der Waals surface area (Å²) in [6, 6.07) is 10.7. The first-order valence-electron chi connectivity index (χ1n) is 11.6. The lowest BCUT2D eigenvalue weighted by atomic mass is 9.95. The number of carbonyl (C=O) groups is 1. The predicted octanol–water partition coefficient (Wildman–Crippen LogP) is 4.28. The molecule has 188 valence electrons. The number of thiazole rings is 1. The summed E-state index contributed by atoms with van der Waals surface area (Å²) in [5, 5.41) is 0. The third-order valence-corrected chi connectivity index (χ3v) is 7.44. The molecule has 0 bridgehead atoms. The lowest BCUT2D eigenvalue weighted by molar-refractivity contribution is -0.139. The Bertz CT molecular complexity index is 1520. The van der Waals surface area contributed by atoms with Gasteiger partial charge >= 0.3 is 5.97 Å². The van der Waals surface area contributed by atoms with Crippen LogP contribution in [0.5, 0.6) is 11.5 Å². The number of methoxy groups -OCH3 is 1. The van der Waals surface area contributed by atoms with Gasteiger partial charge in [0.25, 0.3) is 5.56 Å². The zero-order chi connectivity index (χ0) is 26.0. The molecule has 0 saturated carbocycles. The van der Waals surface area contributed by atoms with E-state index in [1.807, 2.05) is 44.2 Å². The molecule has 1 atom stereocenters. The van der Waals surface area contributed by atoms with Crippen molar-refractivity contribution in [3.8, 4) is 11.5 Å². The number of halogens is 1. The third kappa shape index (κ3) is 4.90. The molecule has 2 heterocycles. The number of hydrogen-bond acceptors (Lipinski definition) is 7. The second kappa shape index (κ2) is 10.8. The van der Waals surface area contributed by atoms with E-state index in [0.717, 1.165) is 11.1 Å². The fraction of sp³-hybridized carbons (Fsp3) is 0.296. The molecule has 4 rings (SSSR count). The summed E-state index contributed by atoms with van der Waals surface area (Å²) >= 11 is 4.92. The number of hydrogen-bond donors (Lipinski definition) is 0. The van der Waals surface area contributed by atoms with Crippen LogP contribution in [0.25, 0.3) is 6.08 Å². The van der Waals surface area contributed by atoms with Crippen molar-refractivity contribution in [2.24, 2.45) is 4.99 Å². The SMILES string of the molecule is CCOC(=O)C1=C(C)N=c2s/c(=C/c3ccc(C)cc3)c(=O)n2[C@H]1c1cc(OC)c(OCC)cc1Br. The van der Waals surface area contributed by atoms with Crippen molar-refractivity contribution in [1.29, 1.82) is 0 Å². The van der Waals surface area contributed by atoms with E-state index >= 15 is 0 Å². The lowest BCUT2D eigenvalue weighted by Gasteiger charge is -2.26. The Morgan fingerprint density at radius 2 is 1.86 bits per heavy atom. The number of nitrogens with zero attached hydrogens (tertiary/aromatic N) is 2. The smallest absolute Gasteiger partial charge is 0.338 e. The van der Waals surface area contributed by atoms with Crippen molar-refractivity contribution < 1.29 is 19.0 Å². The Hall–Kier alpha value is -3.17. The van der Waals surface area contributed by atoms with Crippen LogP contribution in [0, 0.1) is 6.92 Å². The molecule has 0 saturated heterocycles. The number of aromatic nitrogens is 1. The van der Waals surface area contributed by atoms with Crippen LogP contribution < -0.4 is 24.4 Å². The van der Waals surface area contributed by atoms with Gasteiger partial charge < -0.3 is 14.2 Å². The Morgan fingerprint density at radius 1 is 1.14 bits per heavy atom. The van der Waals surface area contributed by atoms with E-state index in [-0.39, 0.29) is 12.2 Å². The van der Waals surface area contributed by atoms with Crippen molar-refractivity contribution in [1.82, 2.24) is 4.57 Å². The van der Waals surface area contributed by atoms with Crippen LogP contribution in [0.15, 0.2) is 61.9 Å². The molecule has 0 N–H and O–H groups in total. The summed E-state index contributed by atoms with van der Waals surface area (Å²) in [5.74, 6) is 0.534. The highest BCUT2D eigenvalue weighted by atomic mass is 79.9. The highest BCUT2D eigenvalue weighted by Crippen LogP contribution is 2.41. The Labute approximate surface area is 221 Å². The van der Waals surface area contributed by atoms with Crippen molar-refractivity contribution in [3.05, 3.63) is 88.5 Å². The maximum absolute atomic E-state index is 13.8. The van der Waals surface area contributed by atoms with Gasteiger partial charge in [0.1, 0.15) is 0 Å². The molecule has 3 aromatic rings. The van der Waals surface area contributed by atoms with Crippen LogP contribution in [0.2, 0.25) is 0 Å². The van der Waals surface area contributed by atoms with Crippen molar-refractivity contribution in [2.75, 3.05) is 20.3 Å². The topological polar surface area (TPSA) is 79.1 Å². The van der Waals surface area contributed by atoms with Gasteiger partial charge in [-0.3, -0.25) is 9.36 Å². The first-order valence-corrected chi connectivity index (χ1v) is 13.2. The Kier molecular flexibility index (Phi) is 7.80. The monoisotopic (exact) mass is 570 g/mol. The first-order chi connectivity index (χ1) is 17.3. The van der Waals surface area contributed by atoms with E-state index in [0.29, 0.717) is 48.7 Å². The number of esters is 1. The van der Waals surface area contributed by atoms with Crippen LogP contribution in [0.4, 0.5) is 0 Å². The number of carbonyl (C=O) groups excluding carboxylic acids is 1. The standard InChI is InChI=1S/C27H27BrN2O5S/c1-6-34-21-14-19(28)18(13-20(21)33-5)24-23(26(32)35-7-2)16(4)29-27-30(24)25(31)22(36-27)12-17-10-8-15(3)9-11-17/h8-14,24H,6-7H2,1-5H3/b22-12+/t24-/m0/s1. The summed E-state index contributed by atoms with van der Waals surface area (Å²) in [6.45, 7) is 8.07. The number of fused-ring (bicyclic) bond motifs is 1. The lowest BCUT2D eigenvalue weighted by Crippen LogP contribution is -2.40. The summed E-state index contributed by atoms with van der Waals surface area (Å²) < 4.78 is 19.4. The summed E-state index contributed by atoms with van der Waals surface area (Å²) in [5.41, 5.74) is 3.28. The molecule has 0 fully saturated rings. The number of benzene rings is 2. The second-order valence-corrected chi connectivity index (χ2v) is 10.0. The average molecular weight is 571 g/mol. The summed E-state index contributed by atoms with van der Waals surface area (Å²) in [4.78, 5) is 32.1. The normalized spacial score (nSPS) is 15.4. The zero-order valence-electron chi connectivity index (χ0n) is 20.8. The van der Waals surface area contributed by atoms with Gasteiger partial charge in [-0.25, -0.2) is 9.79 Å². The maximum atomic E-state index is 13.8. The van der Waals surface area contributed by atoms with Crippen LogP contribution in [-0.4, -0.2) is 30.9 Å². The molecule has 0 aliphatic carbocycles. The van der Waals surface area contributed by atoms with Gasteiger partial charge in [-0.2, -0.15) is 0 Å². The molecule has 0 amide bonds. The van der Waals surface area contributed by atoms with Crippen molar-refractivity contribution in [2.45, 2.75) is 33.7 Å². The summed E-state index contributed by atoms with van der Waals surface area (Å²) in [6.07, 6.45) is 1.84. The number of rotatable bonds is 7. The minimum absolute atomic E-state index is 0.202. The van der Waals surface area contributed by atoms with Crippen molar-refractivity contribution >= 4 is 39.3 Å². The van der Waals surface area contributed by atoms with Gasteiger partial charge in [0.05, 0.1) is 42.2 Å². The van der Waals surface area contributed by atoms with E-state index in [1.54, 1.807) is 37.7 Å². The zero-order valence-corrected chi connectivity index (χ0v) is 23.2. The summed E-state index contributed by atoms with van der Waals surface area (Å²) in [7, 11) is 1.55. The Balaban J connectivity index is 1.99. The molecular formula is C27H27BrN2O5S. The third-order valence-electron chi connectivity index (χ3n) is 5.77. The molecule has 1 aromatic heterocycles. The van der Waals surface area contributed by atoms with E-state index in [2.05, 4.69) is 20.9 Å². The highest BCUT2D eigenvalue weighted by Gasteiger charge is 2.35. The average Bonchev–Trinajstić information content (AvgIpc) is 3.14. The van der Waals surface area contributed by atoms with Crippen LogP contribution in [0.1, 0.15) is 43.5 Å². The molecule has 2 aromatic carbocycles. The van der Waals surface area contributed by atoms with E-state index < -0.39 is 12.0 Å². The fourth-order valence-electron chi connectivity index (χ4n) is 4.09. The molecule has 1 aliphatic rings.